The van der Waals surface area contributed by atoms with E-state index in [-0.39, 0.29) is 5.91 Å². The lowest BCUT2D eigenvalue weighted by Crippen LogP contribution is -2.29. The topological polar surface area (TPSA) is 65.1 Å². The van der Waals surface area contributed by atoms with Crippen molar-refractivity contribution < 1.29 is 23.8 Å². The Balaban J connectivity index is 1.57. The van der Waals surface area contributed by atoms with Gasteiger partial charge in [-0.15, -0.1) is 0 Å². The monoisotopic (exact) mass is 469 g/mol. The van der Waals surface area contributed by atoms with E-state index in [2.05, 4.69) is 0 Å². The number of thiocarbonyl (C=S) groups is 1. The molecule has 1 heterocycles. The molecule has 0 saturated carbocycles. The molecule has 2 aromatic carbocycles. The predicted octanol–water partition coefficient (Wildman–Crippen LogP) is 4.55. The highest BCUT2D eigenvalue weighted by Gasteiger charge is 2.31. The highest BCUT2D eigenvalue weighted by molar-refractivity contribution is 8.26. The summed E-state index contributed by atoms with van der Waals surface area (Å²) in [6.45, 7) is 1.11. The molecule has 0 aromatic heterocycles. The Morgan fingerprint density at radius 3 is 2.34 bits per heavy atom. The summed E-state index contributed by atoms with van der Waals surface area (Å²) in [5.41, 5.74) is 1.67. The van der Waals surface area contributed by atoms with Crippen LogP contribution in [0.15, 0.2) is 59.5 Å². The molecule has 3 rings (SSSR count). The van der Waals surface area contributed by atoms with Gasteiger partial charge in [0.05, 0.1) is 12.0 Å². The van der Waals surface area contributed by atoms with Crippen LogP contribution in [0.4, 0.5) is 0 Å². The third-order valence-corrected chi connectivity index (χ3v) is 5.91. The second-order valence-electron chi connectivity index (χ2n) is 6.78. The third-order valence-electron chi connectivity index (χ3n) is 4.53. The van der Waals surface area contributed by atoms with Crippen LogP contribution in [-0.2, 0) is 14.3 Å². The Morgan fingerprint density at radius 2 is 1.69 bits per heavy atom. The number of methoxy groups -OCH3 is 2. The molecule has 1 amide bonds. The number of esters is 1. The molecule has 0 aliphatic carbocycles. The van der Waals surface area contributed by atoms with E-state index in [0.29, 0.717) is 28.1 Å². The predicted molar refractivity (Wildman–Crippen MR) is 130 cm³/mol. The summed E-state index contributed by atoms with van der Waals surface area (Å²) in [5.74, 6) is 0.581. The van der Waals surface area contributed by atoms with Crippen molar-refractivity contribution >= 4 is 52.3 Å². The summed E-state index contributed by atoms with van der Waals surface area (Å²) >= 11 is 6.60. The summed E-state index contributed by atoms with van der Waals surface area (Å²) in [4.78, 5) is 26.8. The molecule has 0 radical (unpaired) electrons. The Kier molecular flexibility index (Phi) is 8.61. The van der Waals surface area contributed by atoms with Gasteiger partial charge in [0.15, 0.2) is 0 Å². The minimum atomic E-state index is -0.481. The normalized spacial score (nSPS) is 15.1. The summed E-state index contributed by atoms with van der Waals surface area (Å²) in [6, 6.07) is 14.3. The zero-order valence-corrected chi connectivity index (χ0v) is 19.4. The van der Waals surface area contributed by atoms with E-state index < -0.39 is 5.97 Å². The van der Waals surface area contributed by atoms with Crippen molar-refractivity contribution in [2.45, 2.75) is 6.42 Å². The fraction of sp³-hybridized carbons (Fsp3) is 0.208. The first-order valence-corrected chi connectivity index (χ1v) is 11.1. The van der Waals surface area contributed by atoms with Gasteiger partial charge in [-0.3, -0.25) is 9.69 Å². The molecule has 1 aliphatic rings. The number of carbonyl (C=O) groups excluding carboxylic acids is 2. The zero-order valence-electron chi connectivity index (χ0n) is 17.8. The number of amides is 1. The lowest BCUT2D eigenvalue weighted by molar-refractivity contribution is -0.129. The Hall–Kier alpha value is -2.94. The molecular formula is C24H23NO5S2. The van der Waals surface area contributed by atoms with Gasteiger partial charge in [-0.1, -0.05) is 48.2 Å². The lowest BCUT2D eigenvalue weighted by atomic mass is 10.2. The average Bonchev–Trinajstić information content (AvgIpc) is 3.07. The summed E-state index contributed by atoms with van der Waals surface area (Å²) in [5, 5.41) is 0. The molecule has 1 aliphatic heterocycles. The Labute approximate surface area is 196 Å². The molecule has 32 heavy (non-hydrogen) atoms. The second-order valence-corrected chi connectivity index (χ2v) is 8.45. The van der Waals surface area contributed by atoms with Gasteiger partial charge in [0, 0.05) is 26.3 Å². The van der Waals surface area contributed by atoms with Crippen molar-refractivity contribution in [3.63, 3.8) is 0 Å². The molecule has 6 nitrogen and oxygen atoms in total. The van der Waals surface area contributed by atoms with Crippen LogP contribution >= 0.6 is 24.0 Å². The lowest BCUT2D eigenvalue weighted by Gasteiger charge is -2.13. The molecule has 0 unspecified atom stereocenters. The maximum Gasteiger partial charge on any atom is 0.336 e. The van der Waals surface area contributed by atoms with Crippen LogP contribution in [0.5, 0.6) is 11.5 Å². The number of carbonyl (C=O) groups is 2. The minimum Gasteiger partial charge on any atom is -0.497 e. The van der Waals surface area contributed by atoms with Crippen LogP contribution in [0.25, 0.3) is 12.2 Å². The van der Waals surface area contributed by atoms with Crippen LogP contribution in [0.2, 0.25) is 0 Å². The first-order valence-electron chi connectivity index (χ1n) is 9.88. The highest BCUT2D eigenvalue weighted by Crippen LogP contribution is 2.32. The number of ether oxygens (including phenoxy) is 3. The van der Waals surface area contributed by atoms with Gasteiger partial charge in [0.1, 0.15) is 15.8 Å². The SMILES string of the molecule is COCCCN1C(=O)/C(=C\c2ccc(OC(=O)/C=C/c3ccc(OC)cc3)cc2)SC1=S. The largest absolute Gasteiger partial charge is 0.497 e. The molecule has 1 saturated heterocycles. The van der Waals surface area contributed by atoms with Crippen LogP contribution in [0.1, 0.15) is 17.5 Å². The molecule has 0 N–H and O–H groups in total. The number of hydrogen-bond acceptors (Lipinski definition) is 7. The molecule has 0 spiro atoms. The fourth-order valence-corrected chi connectivity index (χ4v) is 4.18. The van der Waals surface area contributed by atoms with Gasteiger partial charge in [-0.05, 0) is 54.0 Å². The second kappa shape index (κ2) is 11.6. The van der Waals surface area contributed by atoms with Crippen molar-refractivity contribution in [3.05, 3.63) is 70.6 Å². The molecule has 0 atom stereocenters. The van der Waals surface area contributed by atoms with Crippen molar-refractivity contribution in [2.75, 3.05) is 27.4 Å². The van der Waals surface area contributed by atoms with Crippen molar-refractivity contribution in [1.29, 1.82) is 0 Å². The summed E-state index contributed by atoms with van der Waals surface area (Å²) in [7, 11) is 3.23. The van der Waals surface area contributed by atoms with E-state index >= 15 is 0 Å². The molecule has 166 valence electrons. The first kappa shape index (κ1) is 23.7. The van der Waals surface area contributed by atoms with Gasteiger partial charge in [-0.2, -0.15) is 0 Å². The van der Waals surface area contributed by atoms with Crippen LogP contribution in [0.3, 0.4) is 0 Å². The summed E-state index contributed by atoms with van der Waals surface area (Å²) in [6.07, 6.45) is 5.55. The fourth-order valence-electron chi connectivity index (χ4n) is 2.87. The van der Waals surface area contributed by atoms with E-state index in [1.807, 2.05) is 24.3 Å². The van der Waals surface area contributed by atoms with E-state index in [0.717, 1.165) is 23.3 Å². The Bertz CT molecular complexity index is 1030. The standard InChI is InChI=1S/C24H23NO5S2/c1-28-15-3-14-25-23(27)21(32-24(25)31)16-18-6-11-20(12-7-18)30-22(26)13-8-17-4-9-19(29-2)10-5-17/h4-13,16H,3,14-15H2,1-2H3/b13-8+,21-16+. The number of nitrogens with zero attached hydrogens (tertiary/aromatic N) is 1. The van der Waals surface area contributed by atoms with E-state index in [9.17, 15) is 9.59 Å². The maximum atomic E-state index is 12.6. The quantitative estimate of drug-likeness (QED) is 0.175. The van der Waals surface area contributed by atoms with Crippen molar-refractivity contribution in [1.82, 2.24) is 4.90 Å². The van der Waals surface area contributed by atoms with Gasteiger partial charge >= 0.3 is 5.97 Å². The molecular weight excluding hydrogens is 446 g/mol. The zero-order chi connectivity index (χ0) is 22.9. The molecule has 2 aromatic rings. The number of benzene rings is 2. The van der Waals surface area contributed by atoms with Crippen LogP contribution < -0.4 is 9.47 Å². The molecule has 1 fully saturated rings. The summed E-state index contributed by atoms with van der Waals surface area (Å²) < 4.78 is 16.0. The minimum absolute atomic E-state index is 0.102. The average molecular weight is 470 g/mol. The molecule has 0 bridgehead atoms. The smallest absolute Gasteiger partial charge is 0.336 e. The maximum absolute atomic E-state index is 12.6. The van der Waals surface area contributed by atoms with E-state index in [4.69, 9.17) is 26.4 Å². The van der Waals surface area contributed by atoms with E-state index in [1.165, 1.54) is 17.8 Å². The van der Waals surface area contributed by atoms with E-state index in [1.54, 1.807) is 55.5 Å². The highest BCUT2D eigenvalue weighted by atomic mass is 32.2. The van der Waals surface area contributed by atoms with Crippen molar-refractivity contribution in [2.24, 2.45) is 0 Å². The van der Waals surface area contributed by atoms with Gasteiger partial charge in [0.2, 0.25) is 0 Å². The first-order chi connectivity index (χ1) is 15.5. The van der Waals surface area contributed by atoms with Crippen molar-refractivity contribution in [3.8, 4) is 11.5 Å². The molecule has 8 heteroatoms. The van der Waals surface area contributed by atoms with Gasteiger partial charge in [0.25, 0.3) is 5.91 Å². The third kappa shape index (κ3) is 6.53. The Morgan fingerprint density at radius 1 is 1.03 bits per heavy atom. The number of thioether (sulfide) groups is 1. The van der Waals surface area contributed by atoms with Crippen LogP contribution in [-0.4, -0.2) is 48.5 Å². The van der Waals surface area contributed by atoms with Crippen LogP contribution in [0, 0.1) is 0 Å². The number of hydrogen-bond donors (Lipinski definition) is 0. The number of rotatable bonds is 9. The van der Waals surface area contributed by atoms with Gasteiger partial charge in [-0.25, -0.2) is 4.79 Å². The van der Waals surface area contributed by atoms with Gasteiger partial charge < -0.3 is 14.2 Å².